The molecule has 0 atom stereocenters. The number of benzene rings is 3. The Labute approximate surface area is 188 Å². The molecule has 32 heavy (non-hydrogen) atoms. The van der Waals surface area contributed by atoms with Crippen LogP contribution in [0.5, 0.6) is 5.75 Å². The van der Waals surface area contributed by atoms with E-state index in [2.05, 4.69) is 15.8 Å². The van der Waals surface area contributed by atoms with E-state index >= 15 is 0 Å². The molecule has 0 aliphatic carbocycles. The van der Waals surface area contributed by atoms with E-state index < -0.39 is 0 Å². The molecule has 0 radical (unpaired) electrons. The highest BCUT2D eigenvalue weighted by Crippen LogP contribution is 2.19. The Morgan fingerprint density at radius 2 is 1.59 bits per heavy atom. The lowest BCUT2D eigenvalue weighted by Crippen LogP contribution is -2.21. The van der Waals surface area contributed by atoms with Crippen molar-refractivity contribution >= 4 is 23.7 Å². The normalized spacial score (nSPS) is 10.7. The monoisotopic (exact) mass is 429 g/mol. The first kappa shape index (κ1) is 22.7. The van der Waals surface area contributed by atoms with Crippen LogP contribution in [0, 0.1) is 13.8 Å². The molecule has 0 spiro atoms. The fraction of sp³-hybridized carbons (Fsp3) is 0.192. The van der Waals surface area contributed by atoms with Gasteiger partial charge in [0.15, 0.2) is 0 Å². The fourth-order valence-electron chi connectivity index (χ4n) is 3.01. The zero-order valence-electron chi connectivity index (χ0n) is 18.3. The topological polar surface area (TPSA) is 79.8 Å². The number of rotatable bonds is 9. The van der Waals surface area contributed by atoms with Gasteiger partial charge in [-0.05, 0) is 48.7 Å². The minimum Gasteiger partial charge on any atom is -0.488 e. The van der Waals surface area contributed by atoms with Crippen LogP contribution >= 0.6 is 0 Å². The Morgan fingerprint density at radius 1 is 0.875 bits per heavy atom. The molecule has 0 aromatic heterocycles. The number of nitrogens with zero attached hydrogens (tertiary/aromatic N) is 1. The second-order valence-corrected chi connectivity index (χ2v) is 7.40. The van der Waals surface area contributed by atoms with Crippen molar-refractivity contribution in [1.29, 1.82) is 0 Å². The summed E-state index contributed by atoms with van der Waals surface area (Å²) in [6.45, 7) is 4.38. The average molecular weight is 430 g/mol. The maximum absolute atomic E-state index is 12.2. The molecule has 0 saturated heterocycles. The zero-order valence-corrected chi connectivity index (χ0v) is 18.3. The van der Waals surface area contributed by atoms with Crippen molar-refractivity contribution in [3.05, 3.63) is 95.1 Å². The maximum atomic E-state index is 12.2. The highest BCUT2D eigenvalue weighted by molar-refractivity contribution is 5.94. The second-order valence-electron chi connectivity index (χ2n) is 7.40. The molecule has 3 rings (SSSR count). The quantitative estimate of drug-likeness (QED) is 0.380. The first-order valence-corrected chi connectivity index (χ1v) is 10.5. The van der Waals surface area contributed by atoms with E-state index in [4.69, 9.17) is 4.74 Å². The number of aryl methyl sites for hydroxylation is 1. The molecule has 0 saturated carbocycles. The number of nitrogens with one attached hydrogen (secondary N) is 2. The van der Waals surface area contributed by atoms with Crippen molar-refractivity contribution in [3.8, 4) is 5.75 Å². The summed E-state index contributed by atoms with van der Waals surface area (Å²) in [6.07, 6.45) is 1.65. The van der Waals surface area contributed by atoms with E-state index in [-0.39, 0.29) is 24.7 Å². The molecule has 0 bridgehead atoms. The minimum atomic E-state index is -0.333. The lowest BCUT2D eigenvalue weighted by molar-refractivity contribution is -0.124. The molecule has 0 aliphatic rings. The van der Waals surface area contributed by atoms with Crippen molar-refractivity contribution in [3.63, 3.8) is 0 Å². The summed E-state index contributed by atoms with van der Waals surface area (Å²) in [6, 6.07) is 23.1. The van der Waals surface area contributed by atoms with Gasteiger partial charge in [-0.2, -0.15) is 5.10 Å². The van der Waals surface area contributed by atoms with Gasteiger partial charge >= 0.3 is 0 Å². The third-order valence-corrected chi connectivity index (χ3v) is 5.01. The average Bonchev–Trinajstić information content (AvgIpc) is 2.81. The Hall–Kier alpha value is -3.93. The second kappa shape index (κ2) is 11.5. The molecule has 0 heterocycles. The van der Waals surface area contributed by atoms with Crippen LogP contribution in [0.4, 0.5) is 5.69 Å². The van der Waals surface area contributed by atoms with Crippen molar-refractivity contribution in [2.75, 3.05) is 5.32 Å². The van der Waals surface area contributed by atoms with Crippen LogP contribution in [0.3, 0.4) is 0 Å². The molecule has 3 aromatic rings. The van der Waals surface area contributed by atoms with E-state index in [1.165, 1.54) is 6.21 Å². The third kappa shape index (κ3) is 6.80. The van der Waals surface area contributed by atoms with Crippen LogP contribution in [0.25, 0.3) is 0 Å². The Bertz CT molecular complexity index is 1090. The fourth-order valence-corrected chi connectivity index (χ4v) is 3.01. The summed E-state index contributed by atoms with van der Waals surface area (Å²) >= 11 is 0. The molecule has 0 aliphatic heterocycles. The van der Waals surface area contributed by atoms with Gasteiger partial charge in [0.25, 0.3) is 0 Å². The van der Waals surface area contributed by atoms with E-state index in [9.17, 15) is 9.59 Å². The molecule has 0 fully saturated rings. The van der Waals surface area contributed by atoms with E-state index in [1.54, 1.807) is 0 Å². The number of hydrazone groups is 1. The number of amides is 2. The molecule has 2 amide bonds. The van der Waals surface area contributed by atoms with Crippen LogP contribution in [0.1, 0.15) is 35.1 Å². The summed E-state index contributed by atoms with van der Waals surface area (Å²) in [5, 5.41) is 6.86. The van der Waals surface area contributed by atoms with Crippen LogP contribution in [0.15, 0.2) is 77.9 Å². The maximum Gasteiger partial charge on any atom is 0.240 e. The van der Waals surface area contributed by atoms with Crippen LogP contribution in [-0.4, -0.2) is 18.0 Å². The molecule has 2 N–H and O–H groups in total. The Morgan fingerprint density at radius 3 is 2.41 bits per heavy atom. The van der Waals surface area contributed by atoms with Gasteiger partial charge < -0.3 is 10.1 Å². The van der Waals surface area contributed by atoms with Gasteiger partial charge in [-0.3, -0.25) is 9.59 Å². The lowest BCUT2D eigenvalue weighted by atomic mass is 10.1. The lowest BCUT2D eigenvalue weighted by Gasteiger charge is -2.10. The summed E-state index contributed by atoms with van der Waals surface area (Å²) in [4.78, 5) is 24.2. The van der Waals surface area contributed by atoms with Crippen LogP contribution < -0.4 is 15.5 Å². The predicted octanol–water partition coefficient (Wildman–Crippen LogP) is 4.75. The Balaban J connectivity index is 1.47. The molecule has 0 unspecified atom stereocenters. The van der Waals surface area contributed by atoms with Gasteiger partial charge in [0.2, 0.25) is 11.8 Å². The van der Waals surface area contributed by atoms with Gasteiger partial charge in [-0.15, -0.1) is 0 Å². The van der Waals surface area contributed by atoms with Crippen molar-refractivity contribution in [1.82, 2.24) is 5.43 Å². The van der Waals surface area contributed by atoms with E-state index in [1.807, 2.05) is 86.6 Å². The smallest absolute Gasteiger partial charge is 0.240 e. The molecule has 3 aromatic carbocycles. The SMILES string of the molecule is Cc1cccc(NC(=O)CCC(=O)NN=Cc2ccccc2OCc2ccccc2)c1C. The van der Waals surface area contributed by atoms with Crippen molar-refractivity contribution in [2.45, 2.75) is 33.3 Å². The third-order valence-electron chi connectivity index (χ3n) is 5.01. The minimum absolute atomic E-state index is 0.0419. The first-order chi connectivity index (χ1) is 15.5. The molecule has 164 valence electrons. The van der Waals surface area contributed by atoms with Crippen LogP contribution in [-0.2, 0) is 16.2 Å². The number of carbonyl (C=O) groups excluding carboxylic acids is 2. The Kier molecular flexibility index (Phi) is 8.15. The van der Waals surface area contributed by atoms with Crippen LogP contribution in [0.2, 0.25) is 0 Å². The summed E-state index contributed by atoms with van der Waals surface area (Å²) in [5.74, 6) is 0.125. The van der Waals surface area contributed by atoms with Gasteiger partial charge in [-0.25, -0.2) is 5.43 Å². The zero-order chi connectivity index (χ0) is 22.8. The van der Waals surface area contributed by atoms with Gasteiger partial charge in [-0.1, -0.05) is 54.6 Å². The van der Waals surface area contributed by atoms with Gasteiger partial charge in [0.1, 0.15) is 12.4 Å². The highest BCUT2D eigenvalue weighted by atomic mass is 16.5. The summed E-state index contributed by atoms with van der Waals surface area (Å²) < 4.78 is 5.88. The molecule has 6 nitrogen and oxygen atoms in total. The summed E-state index contributed by atoms with van der Waals surface area (Å²) in [5.41, 5.74) is 7.16. The first-order valence-electron chi connectivity index (χ1n) is 10.5. The van der Waals surface area contributed by atoms with Gasteiger partial charge in [0.05, 0.1) is 6.21 Å². The number of para-hydroxylation sites is 1. The van der Waals surface area contributed by atoms with Crippen molar-refractivity contribution < 1.29 is 14.3 Å². The summed E-state index contributed by atoms with van der Waals surface area (Å²) in [7, 11) is 0. The van der Waals surface area contributed by atoms with E-state index in [0.717, 1.165) is 27.9 Å². The largest absolute Gasteiger partial charge is 0.488 e. The highest BCUT2D eigenvalue weighted by Gasteiger charge is 2.09. The number of ether oxygens (including phenoxy) is 1. The van der Waals surface area contributed by atoms with Crippen molar-refractivity contribution in [2.24, 2.45) is 5.10 Å². The number of hydrogen-bond donors (Lipinski definition) is 2. The number of anilines is 1. The molecular weight excluding hydrogens is 402 g/mol. The number of carbonyl (C=O) groups is 2. The predicted molar refractivity (Wildman–Crippen MR) is 127 cm³/mol. The molecule has 6 heteroatoms. The molecular formula is C26H27N3O3. The van der Waals surface area contributed by atoms with E-state index in [0.29, 0.717) is 12.4 Å². The standard InChI is InChI=1S/C26H27N3O3/c1-19-9-8-13-23(20(19)2)28-25(30)15-16-26(31)29-27-17-22-12-6-7-14-24(22)32-18-21-10-4-3-5-11-21/h3-14,17H,15-16,18H2,1-2H3,(H,28,30)(H,29,31). The number of hydrogen-bond acceptors (Lipinski definition) is 4. The van der Waals surface area contributed by atoms with Gasteiger partial charge in [0, 0.05) is 24.1 Å².